The summed E-state index contributed by atoms with van der Waals surface area (Å²) in [5, 5.41) is 42.7. The summed E-state index contributed by atoms with van der Waals surface area (Å²) in [5.74, 6) is -2.08. The van der Waals surface area contributed by atoms with Gasteiger partial charge in [-0.2, -0.15) is 9.78 Å². The van der Waals surface area contributed by atoms with Crippen molar-refractivity contribution in [2.24, 2.45) is 11.8 Å². The highest BCUT2D eigenvalue weighted by Gasteiger charge is 2.57. The minimum atomic E-state index is -0.976. The molecule has 0 radical (unpaired) electrons. The Kier molecular flexibility index (Phi) is 59.6. The van der Waals surface area contributed by atoms with Crippen molar-refractivity contribution in [2.75, 3.05) is 26.4 Å². The van der Waals surface area contributed by atoms with Gasteiger partial charge in [-0.25, -0.2) is 88.0 Å². The lowest BCUT2D eigenvalue weighted by atomic mass is 10.2. The highest BCUT2D eigenvalue weighted by Crippen LogP contribution is 2.45. The molecule has 8 fully saturated rings. The lowest BCUT2D eigenvalue weighted by Crippen LogP contribution is -2.40. The number of hydrogen-bond acceptors (Lipinski definition) is 33. The van der Waals surface area contributed by atoms with Gasteiger partial charge in [-0.1, -0.05) is 44.1 Å². The normalized spacial score (nSPS) is 29.3. The number of ether oxygens (including phenoxy) is 5. The average Bonchev–Trinajstić information content (AvgIpc) is 1.62. The second kappa shape index (κ2) is 56.0. The molecule has 5 N–H and O–H groups in total. The van der Waals surface area contributed by atoms with Crippen LogP contribution in [-0.2, 0) is 136 Å². The molecule has 33 nitrogen and oxygen atoms in total. The lowest BCUT2D eigenvalue weighted by molar-refractivity contribution is -0.511. The molecule has 25 atom stereocenters. The van der Waals surface area contributed by atoms with E-state index < -0.39 is 36.7 Å². The summed E-state index contributed by atoms with van der Waals surface area (Å²) in [6.07, 6.45) is -0.424. The number of epoxide rings is 2. The lowest BCUT2D eigenvalue weighted by Gasteiger charge is -2.31. The maximum Gasteiger partial charge on any atom is 0.317 e. The molecular formula is C64H132O33. The molecular weight excluding hydrogens is 1300 g/mol. The summed E-state index contributed by atoms with van der Waals surface area (Å²) in [6, 6.07) is 0. The smallest absolute Gasteiger partial charge is 0.317 e. The number of rotatable bonds is 36. The molecule has 4 aliphatic carbocycles. The fourth-order valence-corrected chi connectivity index (χ4v) is 5.54. The van der Waals surface area contributed by atoms with E-state index in [1.165, 1.54) is 6.92 Å². The van der Waals surface area contributed by atoms with Crippen LogP contribution in [0.15, 0.2) is 0 Å². The van der Waals surface area contributed by atoms with E-state index in [4.69, 9.17) is 123 Å². The van der Waals surface area contributed by atoms with Crippen molar-refractivity contribution < 1.29 is 162 Å². The zero-order valence-electron chi connectivity index (χ0n) is 57.6. The van der Waals surface area contributed by atoms with E-state index in [0.29, 0.717) is 82.9 Å². The SMILES string of the molecule is C.C.C.C.C.CC(=O)OC(C)C(C)O.CC1OC1C.CC1OC1C.CCOO.CCOOC(C)(CC)OOC1CC1OOC(C)C(C)OOC1CC1OO.CCOOC(C)C(C)OOC1CC(O)O1.CCOOC(C)C(C)OOC1CC1OOC(C)C(C)O.O=C1OC(=O)C2CC12. The summed E-state index contributed by atoms with van der Waals surface area (Å²) in [6.45, 7) is 39.6. The monoisotopic (exact) mass is 1430 g/mol. The van der Waals surface area contributed by atoms with E-state index in [2.05, 4.69) is 46.9 Å². The van der Waals surface area contributed by atoms with Crippen LogP contribution in [0.5, 0.6) is 0 Å². The van der Waals surface area contributed by atoms with Crippen LogP contribution in [0.25, 0.3) is 0 Å². The van der Waals surface area contributed by atoms with Crippen molar-refractivity contribution in [1.29, 1.82) is 0 Å². The van der Waals surface area contributed by atoms with Gasteiger partial charge in [0.2, 0.25) is 5.79 Å². The highest BCUT2D eigenvalue weighted by molar-refractivity contribution is 6.00. The van der Waals surface area contributed by atoms with Crippen LogP contribution in [0.2, 0.25) is 0 Å². The Morgan fingerprint density at radius 1 is 0.464 bits per heavy atom. The molecule has 0 bridgehead atoms. The molecule has 8 aliphatic rings. The van der Waals surface area contributed by atoms with Crippen LogP contribution >= 0.6 is 0 Å². The van der Waals surface area contributed by atoms with E-state index >= 15 is 0 Å². The number of carbonyl (C=O) groups is 3. The highest BCUT2D eigenvalue weighted by atomic mass is 17.3. The largest absolute Gasteiger partial charge is 0.460 e. The summed E-state index contributed by atoms with van der Waals surface area (Å²) in [4.78, 5) is 130. The van der Waals surface area contributed by atoms with Crippen LogP contribution in [0.3, 0.4) is 0 Å². The van der Waals surface area contributed by atoms with Gasteiger partial charge in [-0.15, -0.1) is 0 Å². The predicted molar refractivity (Wildman–Crippen MR) is 347 cm³/mol. The Hall–Kier alpha value is -2.51. The molecule has 0 spiro atoms. The summed E-state index contributed by atoms with van der Waals surface area (Å²) >= 11 is 0. The van der Waals surface area contributed by atoms with Crippen LogP contribution < -0.4 is 0 Å². The molecule has 0 aromatic carbocycles. The van der Waals surface area contributed by atoms with Gasteiger partial charge < -0.3 is 39.0 Å². The minimum Gasteiger partial charge on any atom is -0.460 e. The fraction of sp³-hybridized carbons (Fsp3) is 0.953. The van der Waals surface area contributed by atoms with E-state index in [-0.39, 0.29) is 146 Å². The molecule has 0 aromatic heterocycles. The molecule has 0 aromatic rings. The van der Waals surface area contributed by atoms with Gasteiger partial charge in [0.05, 0.1) is 81.3 Å². The van der Waals surface area contributed by atoms with E-state index in [0.717, 1.165) is 6.42 Å². The maximum atomic E-state index is 10.4. The molecule has 586 valence electrons. The third kappa shape index (κ3) is 48.1. The number of hydrogen-bond donors (Lipinski definition) is 5. The standard InChI is InChI=1S/C16H30O10.C13H26O7.C9H18O6.C6H12O3.C5H4O3.2C4H8O.C2H6O2.5CH4/c1-6-16(5,25-18-7-2)26-24-15-9-14(15)23-21-11(4)10(3)20-22-13-8-12(13)19-17;1-6-15-16-10(4)11(5)18-20-13-7-12(13)19-17-9(3)8(2)14;1-4-11-13-6(2)7(3)14-15-9-5-8(10)12-9;1-4(7)5(2)9-6(3)8;6-4-2-1-3(2)5(7)8-4;2*1-3-4(2)5-3;1-2-4-3;;;;;/h10-15,17H,6-9H2,1-5H3;8-14H,6-7H2,1-5H3;6-10H,4-5H2,1-3H3;4-5,7H,1-3H3;2-3H,1H2;2*3-4H,1-2H3;3H,2H2,1H3;5*1H4. The zero-order valence-corrected chi connectivity index (χ0v) is 57.6. The van der Waals surface area contributed by atoms with Gasteiger partial charge in [0.1, 0.15) is 85.5 Å². The molecule has 25 unspecified atom stereocenters. The van der Waals surface area contributed by atoms with Gasteiger partial charge in [0.15, 0.2) is 12.6 Å². The quantitative estimate of drug-likeness (QED) is 0.00972. The van der Waals surface area contributed by atoms with Crippen molar-refractivity contribution in [3.05, 3.63) is 0 Å². The van der Waals surface area contributed by atoms with Crippen LogP contribution in [0.1, 0.15) is 221 Å². The number of fused-ring (bicyclic) bond motifs is 1. The third-order valence-electron chi connectivity index (χ3n) is 14.0. The van der Waals surface area contributed by atoms with E-state index in [9.17, 15) is 19.5 Å². The molecule has 97 heavy (non-hydrogen) atoms. The molecule has 33 heteroatoms. The number of aliphatic hydroxyl groups excluding tert-OH is 3. The number of esters is 3. The van der Waals surface area contributed by atoms with Crippen molar-refractivity contribution in [1.82, 2.24) is 0 Å². The van der Waals surface area contributed by atoms with Crippen LogP contribution in [-0.4, -0.2) is 211 Å². The van der Waals surface area contributed by atoms with Crippen molar-refractivity contribution in [3.63, 3.8) is 0 Å². The van der Waals surface area contributed by atoms with Crippen molar-refractivity contribution in [2.45, 2.75) is 362 Å². The first-order valence-electron chi connectivity index (χ1n) is 31.7. The molecule has 0 amide bonds. The average molecular weight is 1430 g/mol. The summed E-state index contributed by atoms with van der Waals surface area (Å²) in [7, 11) is 0. The number of carbonyl (C=O) groups excluding carboxylic acids is 3. The fourth-order valence-electron chi connectivity index (χ4n) is 5.54. The Labute approximate surface area is 577 Å². The van der Waals surface area contributed by atoms with Gasteiger partial charge in [-0.3, -0.25) is 24.9 Å². The summed E-state index contributed by atoms with van der Waals surface area (Å²) in [5.41, 5.74) is 0. The molecule has 8 rings (SSSR count). The topological polar surface area (TPSA) is 390 Å². The van der Waals surface area contributed by atoms with Gasteiger partial charge >= 0.3 is 17.9 Å². The number of aliphatic hydroxyl groups is 3. The first-order chi connectivity index (χ1) is 43.3. The van der Waals surface area contributed by atoms with Gasteiger partial charge in [0.25, 0.3) is 0 Å². The first kappa shape index (κ1) is 103. The number of cyclic esters (lactones) is 2. The van der Waals surface area contributed by atoms with Gasteiger partial charge in [-0.05, 0) is 138 Å². The Bertz CT molecular complexity index is 1860. The Balaban J connectivity index is -0.000000354. The van der Waals surface area contributed by atoms with Crippen LogP contribution in [0.4, 0.5) is 0 Å². The van der Waals surface area contributed by atoms with Crippen molar-refractivity contribution >= 4 is 17.9 Å². The van der Waals surface area contributed by atoms with E-state index in [1.54, 1.807) is 69.2 Å². The third-order valence-corrected chi connectivity index (χ3v) is 14.0. The Morgan fingerprint density at radius 2 is 0.784 bits per heavy atom. The maximum absolute atomic E-state index is 10.4. The Morgan fingerprint density at radius 3 is 1.03 bits per heavy atom. The molecule has 4 heterocycles. The van der Waals surface area contributed by atoms with E-state index in [1.807, 2.05) is 41.5 Å². The molecule has 4 aliphatic heterocycles. The van der Waals surface area contributed by atoms with Crippen LogP contribution in [0, 0.1) is 11.8 Å². The first-order valence-corrected chi connectivity index (χ1v) is 31.7. The second-order valence-corrected chi connectivity index (χ2v) is 22.9. The molecule has 4 saturated carbocycles. The minimum absolute atomic E-state index is 0. The molecule has 4 saturated heterocycles. The predicted octanol–water partition coefficient (Wildman–Crippen LogP) is 10.0. The zero-order chi connectivity index (χ0) is 69.8. The summed E-state index contributed by atoms with van der Waals surface area (Å²) < 4.78 is 23.5. The second-order valence-electron chi connectivity index (χ2n) is 22.9. The van der Waals surface area contributed by atoms with Gasteiger partial charge in [0, 0.05) is 32.6 Å². The van der Waals surface area contributed by atoms with Crippen molar-refractivity contribution in [3.8, 4) is 0 Å².